The highest BCUT2D eigenvalue weighted by Gasteiger charge is 2.28. The van der Waals surface area contributed by atoms with E-state index in [2.05, 4.69) is 10.1 Å². The van der Waals surface area contributed by atoms with Gasteiger partial charge in [-0.2, -0.15) is 4.98 Å². The lowest BCUT2D eigenvalue weighted by molar-refractivity contribution is 0.0410. The summed E-state index contributed by atoms with van der Waals surface area (Å²) in [5, 5.41) is 3.91. The van der Waals surface area contributed by atoms with Gasteiger partial charge in [0.05, 0.1) is 19.1 Å². The standard InChI is InChI=1S/C15H20FN3O2/c1-10(2)20-9-15(3,17)14-18-13(21-19-14)8-11-4-6-12(16)7-5-11/h4-7,10H,8-9,17H2,1-3H3. The van der Waals surface area contributed by atoms with Crippen molar-refractivity contribution in [3.8, 4) is 0 Å². The van der Waals surface area contributed by atoms with Crippen molar-refractivity contribution in [3.05, 3.63) is 47.4 Å². The molecule has 2 aromatic rings. The van der Waals surface area contributed by atoms with Crippen LogP contribution < -0.4 is 5.73 Å². The monoisotopic (exact) mass is 293 g/mol. The minimum Gasteiger partial charge on any atom is -0.376 e. The van der Waals surface area contributed by atoms with Crippen LogP contribution in [0.5, 0.6) is 0 Å². The van der Waals surface area contributed by atoms with Crippen LogP contribution in [0.15, 0.2) is 28.8 Å². The van der Waals surface area contributed by atoms with E-state index in [-0.39, 0.29) is 11.9 Å². The second-order valence-corrected chi connectivity index (χ2v) is 5.59. The Morgan fingerprint density at radius 3 is 2.62 bits per heavy atom. The van der Waals surface area contributed by atoms with Crippen LogP contribution in [0.3, 0.4) is 0 Å². The first-order chi connectivity index (χ1) is 9.87. The van der Waals surface area contributed by atoms with E-state index in [1.807, 2.05) is 13.8 Å². The third-order valence-electron chi connectivity index (χ3n) is 2.96. The molecule has 0 aliphatic rings. The Bertz CT molecular complexity index is 579. The molecular formula is C15H20FN3O2. The van der Waals surface area contributed by atoms with Crippen LogP contribution in [0.4, 0.5) is 4.39 Å². The van der Waals surface area contributed by atoms with Crippen molar-refractivity contribution in [2.45, 2.75) is 38.8 Å². The number of aromatic nitrogens is 2. The molecule has 5 nitrogen and oxygen atoms in total. The molecule has 1 atom stereocenters. The average molecular weight is 293 g/mol. The third-order valence-corrected chi connectivity index (χ3v) is 2.96. The summed E-state index contributed by atoms with van der Waals surface area (Å²) in [5.41, 5.74) is 6.24. The van der Waals surface area contributed by atoms with Gasteiger partial charge in [0.1, 0.15) is 11.4 Å². The quantitative estimate of drug-likeness (QED) is 0.885. The number of nitrogens with zero attached hydrogens (tertiary/aromatic N) is 2. The normalized spacial score (nSPS) is 14.4. The molecule has 0 radical (unpaired) electrons. The van der Waals surface area contributed by atoms with Crippen molar-refractivity contribution in [2.75, 3.05) is 6.61 Å². The maximum absolute atomic E-state index is 12.9. The van der Waals surface area contributed by atoms with Gasteiger partial charge in [0, 0.05) is 0 Å². The maximum atomic E-state index is 12.9. The number of benzene rings is 1. The smallest absolute Gasteiger partial charge is 0.231 e. The molecule has 114 valence electrons. The van der Waals surface area contributed by atoms with Crippen LogP contribution in [0.2, 0.25) is 0 Å². The summed E-state index contributed by atoms with van der Waals surface area (Å²) in [4.78, 5) is 4.30. The fourth-order valence-corrected chi connectivity index (χ4v) is 1.74. The lowest BCUT2D eigenvalue weighted by Gasteiger charge is -2.21. The lowest BCUT2D eigenvalue weighted by Crippen LogP contribution is -2.40. The Kier molecular flexibility index (Phi) is 4.69. The van der Waals surface area contributed by atoms with E-state index < -0.39 is 5.54 Å². The molecule has 1 unspecified atom stereocenters. The van der Waals surface area contributed by atoms with Crippen LogP contribution in [-0.2, 0) is 16.7 Å². The summed E-state index contributed by atoms with van der Waals surface area (Å²) < 4.78 is 23.6. The van der Waals surface area contributed by atoms with Crippen molar-refractivity contribution in [3.63, 3.8) is 0 Å². The highest BCUT2D eigenvalue weighted by molar-refractivity contribution is 5.19. The Hall–Kier alpha value is -1.79. The molecule has 0 aliphatic carbocycles. The minimum absolute atomic E-state index is 0.0819. The van der Waals surface area contributed by atoms with Gasteiger partial charge in [-0.3, -0.25) is 0 Å². The van der Waals surface area contributed by atoms with E-state index in [1.165, 1.54) is 12.1 Å². The molecule has 0 aliphatic heterocycles. The minimum atomic E-state index is -0.811. The van der Waals surface area contributed by atoms with Gasteiger partial charge >= 0.3 is 0 Å². The van der Waals surface area contributed by atoms with Crippen molar-refractivity contribution in [1.29, 1.82) is 0 Å². The van der Waals surface area contributed by atoms with Gasteiger partial charge in [0.2, 0.25) is 5.89 Å². The Morgan fingerprint density at radius 2 is 2.00 bits per heavy atom. The van der Waals surface area contributed by atoms with Crippen LogP contribution in [0.25, 0.3) is 0 Å². The molecule has 0 spiro atoms. The van der Waals surface area contributed by atoms with Gasteiger partial charge in [0.15, 0.2) is 5.82 Å². The number of halogens is 1. The highest BCUT2D eigenvalue weighted by Crippen LogP contribution is 2.17. The molecule has 21 heavy (non-hydrogen) atoms. The van der Waals surface area contributed by atoms with Gasteiger partial charge in [-0.15, -0.1) is 0 Å². The maximum Gasteiger partial charge on any atom is 0.231 e. The summed E-state index contributed by atoms with van der Waals surface area (Å²) in [6, 6.07) is 6.16. The molecule has 6 heteroatoms. The SMILES string of the molecule is CC(C)OCC(C)(N)c1noc(Cc2ccc(F)cc2)n1. The topological polar surface area (TPSA) is 74.2 Å². The van der Waals surface area contributed by atoms with Gasteiger partial charge in [-0.1, -0.05) is 17.3 Å². The Labute approximate surface area is 123 Å². The molecule has 0 bridgehead atoms. The lowest BCUT2D eigenvalue weighted by atomic mass is 10.1. The molecule has 2 N–H and O–H groups in total. The van der Waals surface area contributed by atoms with E-state index in [4.69, 9.17) is 15.0 Å². The third kappa shape index (κ3) is 4.34. The molecule has 2 rings (SSSR count). The first-order valence-electron chi connectivity index (χ1n) is 6.85. The second kappa shape index (κ2) is 6.32. The molecule has 1 aromatic carbocycles. The number of rotatable bonds is 6. The van der Waals surface area contributed by atoms with Gasteiger partial charge < -0.3 is 15.0 Å². The van der Waals surface area contributed by atoms with Crippen molar-refractivity contribution >= 4 is 0 Å². The molecule has 0 amide bonds. The Morgan fingerprint density at radius 1 is 1.33 bits per heavy atom. The van der Waals surface area contributed by atoms with E-state index >= 15 is 0 Å². The van der Waals surface area contributed by atoms with Crippen molar-refractivity contribution in [2.24, 2.45) is 5.73 Å². The second-order valence-electron chi connectivity index (χ2n) is 5.59. The fraction of sp³-hybridized carbons (Fsp3) is 0.467. The Balaban J connectivity index is 2.05. The molecule has 0 saturated heterocycles. The predicted octanol–water partition coefficient (Wildman–Crippen LogP) is 2.40. The predicted molar refractivity (Wildman–Crippen MR) is 76.1 cm³/mol. The highest BCUT2D eigenvalue weighted by atomic mass is 19.1. The van der Waals surface area contributed by atoms with Gasteiger partial charge in [0.25, 0.3) is 0 Å². The summed E-state index contributed by atoms with van der Waals surface area (Å²) in [6.07, 6.45) is 0.521. The summed E-state index contributed by atoms with van der Waals surface area (Å²) in [5.74, 6) is 0.573. The van der Waals surface area contributed by atoms with Gasteiger partial charge in [-0.25, -0.2) is 4.39 Å². The average Bonchev–Trinajstić information content (AvgIpc) is 2.89. The zero-order chi connectivity index (χ0) is 15.5. The van der Waals surface area contributed by atoms with E-state index in [1.54, 1.807) is 19.1 Å². The molecule has 0 fully saturated rings. The summed E-state index contributed by atoms with van der Waals surface area (Å²) in [6.45, 7) is 5.97. The van der Waals surface area contributed by atoms with Crippen LogP contribution in [-0.4, -0.2) is 22.9 Å². The summed E-state index contributed by atoms with van der Waals surface area (Å²) >= 11 is 0. The molecule has 0 saturated carbocycles. The van der Waals surface area contributed by atoms with E-state index in [0.717, 1.165) is 5.56 Å². The van der Waals surface area contributed by atoms with Crippen LogP contribution in [0.1, 0.15) is 38.0 Å². The zero-order valence-corrected chi connectivity index (χ0v) is 12.5. The van der Waals surface area contributed by atoms with Crippen molar-refractivity contribution in [1.82, 2.24) is 10.1 Å². The number of hydrogen-bond acceptors (Lipinski definition) is 5. The van der Waals surface area contributed by atoms with E-state index in [9.17, 15) is 4.39 Å². The molecular weight excluding hydrogens is 273 g/mol. The summed E-state index contributed by atoms with van der Waals surface area (Å²) in [7, 11) is 0. The zero-order valence-electron chi connectivity index (χ0n) is 12.5. The molecule has 1 heterocycles. The first-order valence-corrected chi connectivity index (χ1v) is 6.85. The fourth-order valence-electron chi connectivity index (χ4n) is 1.74. The number of ether oxygens (including phenoxy) is 1. The number of hydrogen-bond donors (Lipinski definition) is 1. The largest absolute Gasteiger partial charge is 0.376 e. The van der Waals surface area contributed by atoms with Crippen LogP contribution in [0, 0.1) is 5.82 Å². The molecule has 1 aromatic heterocycles. The first kappa shape index (κ1) is 15.6. The number of nitrogens with two attached hydrogens (primary N) is 1. The van der Waals surface area contributed by atoms with E-state index in [0.29, 0.717) is 24.7 Å². The van der Waals surface area contributed by atoms with Crippen molar-refractivity contribution < 1.29 is 13.7 Å². The van der Waals surface area contributed by atoms with Crippen LogP contribution >= 0.6 is 0 Å². The van der Waals surface area contributed by atoms with Gasteiger partial charge in [-0.05, 0) is 38.5 Å².